The fourth-order valence-electron chi connectivity index (χ4n) is 5.76. The number of hydrogen-bond donors (Lipinski definition) is 5. The number of esters is 1. The van der Waals surface area contributed by atoms with Gasteiger partial charge in [0.15, 0.2) is 5.54 Å². The van der Waals surface area contributed by atoms with Crippen LogP contribution in [0.15, 0.2) is 84.9 Å². The maximum Gasteiger partial charge on any atom is 0.407 e. The third-order valence-electron chi connectivity index (χ3n) is 8.35. The van der Waals surface area contributed by atoms with E-state index in [1.807, 2.05) is 104 Å². The van der Waals surface area contributed by atoms with Crippen molar-refractivity contribution in [3.05, 3.63) is 107 Å². The molecule has 0 radical (unpaired) electrons. The molecule has 0 aliphatic carbocycles. The van der Waals surface area contributed by atoms with Gasteiger partial charge in [-0.3, -0.25) is 10.1 Å². The van der Waals surface area contributed by atoms with Crippen LogP contribution in [0.3, 0.4) is 0 Å². The molecule has 0 aromatic heterocycles. The lowest BCUT2D eigenvalue weighted by Crippen LogP contribution is -2.70. The Kier molecular flexibility index (Phi) is 14.5. The molecule has 0 spiro atoms. The van der Waals surface area contributed by atoms with Gasteiger partial charge in [-0.1, -0.05) is 98.8 Å². The molecule has 5 atom stereocenters. The molecule has 0 heterocycles. The zero-order chi connectivity index (χ0) is 37.1. The monoisotopic (exact) mass is 690 g/mol. The SMILES string of the molecule is CC(C)[C@](NC(Cc1ccccc1)C(O)C(O)C(Cc1ccccc1)NC(=O)OC(C)(C)C)(C(N)=O)C(=O)OCc1ccc(CN(C)C)cc1. The van der Waals surface area contributed by atoms with E-state index >= 15 is 0 Å². The first-order valence-corrected chi connectivity index (χ1v) is 16.9. The molecule has 0 bridgehead atoms. The van der Waals surface area contributed by atoms with Gasteiger partial charge in [-0.15, -0.1) is 0 Å². The summed E-state index contributed by atoms with van der Waals surface area (Å²) in [6.45, 7) is 9.10. The van der Waals surface area contributed by atoms with Crippen LogP contribution in [0.1, 0.15) is 56.9 Å². The van der Waals surface area contributed by atoms with Gasteiger partial charge in [0.1, 0.15) is 18.3 Å². The molecule has 3 aromatic rings. The molecule has 0 aliphatic rings. The number of carbonyl (C=O) groups is 3. The van der Waals surface area contributed by atoms with Crippen molar-refractivity contribution in [1.29, 1.82) is 0 Å². The zero-order valence-electron chi connectivity index (χ0n) is 30.3. The largest absolute Gasteiger partial charge is 0.459 e. The molecular weight excluding hydrogens is 636 g/mol. The quantitative estimate of drug-likeness (QED) is 0.105. The number of alkyl carbamates (subject to hydrolysis) is 1. The first-order chi connectivity index (χ1) is 23.5. The van der Waals surface area contributed by atoms with Crippen LogP contribution in [0.25, 0.3) is 0 Å². The van der Waals surface area contributed by atoms with Crippen LogP contribution in [0.2, 0.25) is 0 Å². The van der Waals surface area contributed by atoms with Crippen molar-refractivity contribution in [2.24, 2.45) is 11.7 Å². The Bertz CT molecular complexity index is 1510. The Balaban J connectivity index is 1.96. The van der Waals surface area contributed by atoms with E-state index in [0.29, 0.717) is 0 Å². The zero-order valence-corrected chi connectivity index (χ0v) is 30.3. The third kappa shape index (κ3) is 11.7. The average Bonchev–Trinajstić information content (AvgIpc) is 3.04. The summed E-state index contributed by atoms with van der Waals surface area (Å²) in [6, 6.07) is 23.8. The number of nitrogens with two attached hydrogens (primary N) is 1. The minimum atomic E-state index is -2.08. The van der Waals surface area contributed by atoms with Gasteiger partial charge in [0.05, 0.1) is 12.1 Å². The lowest BCUT2D eigenvalue weighted by Gasteiger charge is -2.40. The number of benzene rings is 3. The molecule has 272 valence electrons. The van der Waals surface area contributed by atoms with Crippen molar-refractivity contribution < 1.29 is 34.1 Å². The number of rotatable bonds is 17. The summed E-state index contributed by atoms with van der Waals surface area (Å²) in [6.07, 6.45) is -3.74. The van der Waals surface area contributed by atoms with Gasteiger partial charge in [-0.2, -0.15) is 0 Å². The standard InChI is InChI=1S/C39H54N4O7/c1-26(2)39(35(40)46,36(47)49-25-30-20-18-29(19-21-30)24-43(6)7)42-32(23-28-16-12-9-13-17-28)34(45)33(44)31(22-27-14-10-8-11-15-27)41-37(48)50-38(3,4)5/h8-21,26,31-34,42,44-45H,22-25H2,1-7H3,(H2,40,46)(H,41,48)/t31?,32?,33?,34?,39-/m0/s1. The molecule has 11 nitrogen and oxygen atoms in total. The second kappa shape index (κ2) is 18.1. The topological polar surface area (TPSA) is 163 Å². The Morgan fingerprint density at radius 1 is 0.760 bits per heavy atom. The van der Waals surface area contributed by atoms with Crippen LogP contribution in [0.5, 0.6) is 0 Å². The lowest BCUT2D eigenvalue weighted by atomic mass is 9.82. The van der Waals surface area contributed by atoms with Gasteiger partial charge < -0.3 is 35.6 Å². The molecular formula is C39H54N4O7. The van der Waals surface area contributed by atoms with Crippen LogP contribution < -0.4 is 16.4 Å². The van der Waals surface area contributed by atoms with E-state index in [9.17, 15) is 24.6 Å². The summed E-state index contributed by atoms with van der Waals surface area (Å²) in [5.41, 5.74) is 6.44. The first kappa shape index (κ1) is 40.1. The highest BCUT2D eigenvalue weighted by molar-refractivity contribution is 6.07. The van der Waals surface area contributed by atoms with Gasteiger partial charge in [-0.25, -0.2) is 9.59 Å². The maximum atomic E-state index is 14.0. The highest BCUT2D eigenvalue weighted by Crippen LogP contribution is 2.25. The van der Waals surface area contributed by atoms with Crippen LogP contribution in [0.4, 0.5) is 4.79 Å². The van der Waals surface area contributed by atoms with Crippen molar-refractivity contribution in [2.75, 3.05) is 14.1 Å². The van der Waals surface area contributed by atoms with Crippen molar-refractivity contribution >= 4 is 18.0 Å². The first-order valence-electron chi connectivity index (χ1n) is 16.9. The number of aliphatic hydroxyl groups is 2. The minimum Gasteiger partial charge on any atom is -0.459 e. The molecule has 11 heteroatoms. The smallest absolute Gasteiger partial charge is 0.407 e. The van der Waals surface area contributed by atoms with Crippen molar-refractivity contribution in [1.82, 2.24) is 15.5 Å². The van der Waals surface area contributed by atoms with Crippen LogP contribution in [-0.2, 0) is 45.1 Å². The Labute approximate surface area is 296 Å². The highest BCUT2D eigenvalue weighted by Gasteiger charge is 2.52. The summed E-state index contributed by atoms with van der Waals surface area (Å²) in [5, 5.41) is 29.5. The predicted molar refractivity (Wildman–Crippen MR) is 193 cm³/mol. The van der Waals surface area contributed by atoms with Crippen LogP contribution in [-0.4, -0.2) is 82.6 Å². The second-order valence-corrected chi connectivity index (χ2v) is 14.3. The fraction of sp³-hybridized carbons (Fsp3) is 0.462. The Hall–Kier alpha value is -4.29. The number of carbonyl (C=O) groups excluding carboxylic acids is 3. The van der Waals surface area contributed by atoms with E-state index in [4.69, 9.17) is 15.2 Å². The van der Waals surface area contributed by atoms with Gasteiger partial charge in [0.25, 0.3) is 0 Å². The van der Waals surface area contributed by atoms with Gasteiger partial charge >= 0.3 is 12.1 Å². The van der Waals surface area contributed by atoms with Crippen molar-refractivity contribution in [3.8, 4) is 0 Å². The summed E-state index contributed by atoms with van der Waals surface area (Å²) in [4.78, 5) is 42.3. The average molecular weight is 691 g/mol. The number of amides is 2. The summed E-state index contributed by atoms with van der Waals surface area (Å²) < 4.78 is 11.2. The summed E-state index contributed by atoms with van der Waals surface area (Å²) in [5.74, 6) is -2.63. The van der Waals surface area contributed by atoms with Gasteiger partial charge in [0, 0.05) is 12.6 Å². The van der Waals surface area contributed by atoms with Crippen LogP contribution in [0, 0.1) is 5.92 Å². The molecule has 3 rings (SSSR count). The van der Waals surface area contributed by atoms with Crippen molar-refractivity contribution in [2.45, 2.75) is 96.0 Å². The summed E-state index contributed by atoms with van der Waals surface area (Å²) >= 11 is 0. The van der Waals surface area contributed by atoms with E-state index in [-0.39, 0.29) is 19.4 Å². The number of primary amides is 1. The van der Waals surface area contributed by atoms with Crippen molar-refractivity contribution in [3.63, 3.8) is 0 Å². The Morgan fingerprint density at radius 3 is 1.70 bits per heavy atom. The number of hydrogen-bond acceptors (Lipinski definition) is 9. The lowest BCUT2D eigenvalue weighted by molar-refractivity contribution is -0.161. The molecule has 0 aliphatic heterocycles. The summed E-state index contributed by atoms with van der Waals surface area (Å²) in [7, 11) is 3.94. The second-order valence-electron chi connectivity index (χ2n) is 14.3. The van der Waals surface area contributed by atoms with E-state index in [2.05, 4.69) is 10.6 Å². The predicted octanol–water partition coefficient (Wildman–Crippen LogP) is 3.73. The third-order valence-corrected chi connectivity index (χ3v) is 8.35. The molecule has 2 amide bonds. The number of nitrogens with one attached hydrogen (secondary N) is 2. The normalized spacial score (nSPS) is 15.4. The number of ether oxygens (including phenoxy) is 2. The number of aliphatic hydroxyl groups excluding tert-OH is 2. The van der Waals surface area contributed by atoms with E-state index < -0.39 is 59.3 Å². The van der Waals surface area contributed by atoms with Crippen LogP contribution >= 0.6 is 0 Å². The molecule has 0 fully saturated rings. The van der Waals surface area contributed by atoms with Gasteiger partial charge in [-0.05, 0) is 75.9 Å². The maximum absolute atomic E-state index is 14.0. The molecule has 50 heavy (non-hydrogen) atoms. The number of nitrogens with zero attached hydrogens (tertiary/aromatic N) is 1. The molecule has 4 unspecified atom stereocenters. The minimum absolute atomic E-state index is 0.0892. The Morgan fingerprint density at radius 2 is 1.24 bits per heavy atom. The highest BCUT2D eigenvalue weighted by atomic mass is 16.6. The fourth-order valence-corrected chi connectivity index (χ4v) is 5.76. The van der Waals surface area contributed by atoms with E-state index in [1.165, 1.54) is 0 Å². The molecule has 6 N–H and O–H groups in total. The van der Waals surface area contributed by atoms with E-state index in [0.717, 1.165) is 28.8 Å². The van der Waals surface area contributed by atoms with E-state index in [1.54, 1.807) is 34.6 Å². The van der Waals surface area contributed by atoms with Gasteiger partial charge in [0.2, 0.25) is 5.91 Å². The molecule has 0 saturated carbocycles. The molecule has 3 aromatic carbocycles. The molecule has 0 saturated heterocycles.